The van der Waals surface area contributed by atoms with Gasteiger partial charge in [-0.2, -0.15) is 0 Å². The standard InChI is InChI=1S/C18H27N3O3S/c1-4-20(5-2)17(23)13-19(3)18(24)15-9-6-10-21(15)16(22)12-14-8-7-11-25-14/h7-8,11,15H,4-6,9-10,12-13H2,1-3H3. The largest absolute Gasteiger partial charge is 0.342 e. The third kappa shape index (κ3) is 4.81. The maximum absolute atomic E-state index is 12.8. The first-order chi connectivity index (χ1) is 12.0. The minimum absolute atomic E-state index is 0.0123. The van der Waals surface area contributed by atoms with Crippen LogP contribution in [0.3, 0.4) is 0 Å². The Morgan fingerprint density at radius 2 is 2.00 bits per heavy atom. The third-order valence-electron chi connectivity index (χ3n) is 4.63. The highest BCUT2D eigenvalue weighted by atomic mass is 32.1. The van der Waals surface area contributed by atoms with E-state index in [9.17, 15) is 14.4 Å². The highest BCUT2D eigenvalue weighted by Crippen LogP contribution is 2.21. The number of thiophene rings is 1. The zero-order chi connectivity index (χ0) is 18.4. The number of nitrogens with zero attached hydrogens (tertiary/aromatic N) is 3. The van der Waals surface area contributed by atoms with Crippen LogP contribution < -0.4 is 0 Å². The number of carbonyl (C=O) groups is 3. The van der Waals surface area contributed by atoms with Gasteiger partial charge >= 0.3 is 0 Å². The molecule has 1 atom stereocenters. The maximum Gasteiger partial charge on any atom is 0.245 e. The highest BCUT2D eigenvalue weighted by Gasteiger charge is 2.36. The Balaban J connectivity index is 1.96. The second-order valence-electron chi connectivity index (χ2n) is 6.26. The smallest absolute Gasteiger partial charge is 0.245 e. The highest BCUT2D eigenvalue weighted by molar-refractivity contribution is 7.10. The fourth-order valence-corrected chi connectivity index (χ4v) is 3.89. The van der Waals surface area contributed by atoms with Crippen LogP contribution in [0.4, 0.5) is 0 Å². The average Bonchev–Trinajstić information content (AvgIpc) is 3.26. The van der Waals surface area contributed by atoms with Crippen LogP contribution in [0.2, 0.25) is 0 Å². The molecule has 2 rings (SSSR count). The summed E-state index contributed by atoms with van der Waals surface area (Å²) in [5.41, 5.74) is 0. The van der Waals surface area contributed by atoms with Crippen molar-refractivity contribution in [3.05, 3.63) is 22.4 Å². The van der Waals surface area contributed by atoms with E-state index in [0.29, 0.717) is 32.5 Å². The van der Waals surface area contributed by atoms with Gasteiger partial charge in [0.05, 0.1) is 13.0 Å². The molecule has 0 bridgehead atoms. The van der Waals surface area contributed by atoms with Gasteiger partial charge in [-0.1, -0.05) is 6.07 Å². The van der Waals surface area contributed by atoms with Gasteiger partial charge in [0, 0.05) is 31.6 Å². The number of hydrogen-bond acceptors (Lipinski definition) is 4. The van der Waals surface area contributed by atoms with Gasteiger partial charge in [-0.25, -0.2) is 0 Å². The van der Waals surface area contributed by atoms with Gasteiger partial charge < -0.3 is 14.7 Å². The van der Waals surface area contributed by atoms with Crippen molar-refractivity contribution < 1.29 is 14.4 Å². The van der Waals surface area contributed by atoms with E-state index < -0.39 is 6.04 Å². The van der Waals surface area contributed by atoms with Crippen molar-refractivity contribution >= 4 is 29.1 Å². The molecule has 0 aliphatic carbocycles. The van der Waals surface area contributed by atoms with E-state index >= 15 is 0 Å². The monoisotopic (exact) mass is 365 g/mol. The lowest BCUT2D eigenvalue weighted by atomic mass is 10.2. The van der Waals surface area contributed by atoms with Crippen LogP contribution in [-0.2, 0) is 20.8 Å². The van der Waals surface area contributed by atoms with Crippen molar-refractivity contribution in [1.82, 2.24) is 14.7 Å². The van der Waals surface area contributed by atoms with Gasteiger partial charge in [0.1, 0.15) is 6.04 Å². The first-order valence-corrected chi connectivity index (χ1v) is 9.70. The van der Waals surface area contributed by atoms with Crippen LogP contribution in [0.15, 0.2) is 17.5 Å². The third-order valence-corrected chi connectivity index (χ3v) is 5.50. The average molecular weight is 365 g/mol. The second kappa shape index (κ2) is 8.99. The number of likely N-dealkylation sites (N-methyl/N-ethyl adjacent to an activating group) is 2. The second-order valence-corrected chi connectivity index (χ2v) is 7.29. The quantitative estimate of drug-likeness (QED) is 0.737. The van der Waals surface area contributed by atoms with Crippen molar-refractivity contribution in [3.8, 4) is 0 Å². The lowest BCUT2D eigenvalue weighted by Gasteiger charge is -2.29. The molecule has 1 aromatic heterocycles. The van der Waals surface area contributed by atoms with E-state index in [1.165, 1.54) is 4.90 Å². The zero-order valence-corrected chi connectivity index (χ0v) is 16.1. The predicted octanol–water partition coefficient (Wildman–Crippen LogP) is 1.61. The van der Waals surface area contributed by atoms with Crippen LogP contribution in [-0.4, -0.2) is 71.7 Å². The van der Waals surface area contributed by atoms with E-state index in [1.807, 2.05) is 31.4 Å². The number of likely N-dealkylation sites (tertiary alicyclic amines) is 1. The molecule has 0 saturated carbocycles. The summed E-state index contributed by atoms with van der Waals surface area (Å²) in [6, 6.07) is 3.42. The molecule has 0 aromatic carbocycles. The molecular formula is C18H27N3O3S. The fourth-order valence-electron chi connectivity index (χ4n) is 3.20. The molecule has 1 aliphatic heterocycles. The predicted molar refractivity (Wildman–Crippen MR) is 98.3 cm³/mol. The van der Waals surface area contributed by atoms with E-state index in [4.69, 9.17) is 0 Å². The lowest BCUT2D eigenvalue weighted by Crippen LogP contribution is -2.49. The van der Waals surface area contributed by atoms with Crippen LogP contribution >= 0.6 is 11.3 Å². The Labute approximate surface area is 153 Å². The van der Waals surface area contributed by atoms with Gasteiger partial charge in [-0.3, -0.25) is 14.4 Å². The Bertz CT molecular complexity index is 599. The maximum atomic E-state index is 12.8. The molecule has 0 spiro atoms. The number of carbonyl (C=O) groups excluding carboxylic acids is 3. The molecular weight excluding hydrogens is 338 g/mol. The number of hydrogen-bond donors (Lipinski definition) is 0. The molecule has 1 aromatic rings. The normalized spacial score (nSPS) is 16.8. The first kappa shape index (κ1) is 19.4. The Hall–Kier alpha value is -1.89. The lowest BCUT2D eigenvalue weighted by molar-refractivity contribution is -0.145. The molecule has 25 heavy (non-hydrogen) atoms. The van der Waals surface area contributed by atoms with E-state index in [2.05, 4.69) is 0 Å². The summed E-state index contributed by atoms with van der Waals surface area (Å²) in [7, 11) is 1.64. The molecule has 138 valence electrons. The van der Waals surface area contributed by atoms with Crippen molar-refractivity contribution in [2.24, 2.45) is 0 Å². The van der Waals surface area contributed by atoms with Gasteiger partial charge in [0.25, 0.3) is 0 Å². The molecule has 3 amide bonds. The van der Waals surface area contributed by atoms with Crippen LogP contribution in [0, 0.1) is 0 Å². The molecule has 6 nitrogen and oxygen atoms in total. The molecule has 1 fully saturated rings. The Morgan fingerprint density at radius 1 is 1.28 bits per heavy atom. The Morgan fingerprint density at radius 3 is 2.60 bits per heavy atom. The zero-order valence-electron chi connectivity index (χ0n) is 15.2. The summed E-state index contributed by atoms with van der Waals surface area (Å²) >= 11 is 1.55. The van der Waals surface area contributed by atoms with E-state index in [0.717, 1.165) is 11.3 Å². The molecule has 1 aliphatic rings. The summed E-state index contributed by atoms with van der Waals surface area (Å²) in [5.74, 6) is -0.213. The van der Waals surface area contributed by atoms with Crippen LogP contribution in [0.1, 0.15) is 31.6 Å². The summed E-state index contributed by atoms with van der Waals surface area (Å²) in [4.78, 5) is 43.4. The minimum atomic E-state index is -0.443. The molecule has 1 unspecified atom stereocenters. The molecule has 0 radical (unpaired) electrons. The number of rotatable bonds is 7. The van der Waals surface area contributed by atoms with Crippen molar-refractivity contribution in [1.29, 1.82) is 0 Å². The fraction of sp³-hybridized carbons (Fsp3) is 0.611. The van der Waals surface area contributed by atoms with Crippen LogP contribution in [0.5, 0.6) is 0 Å². The SMILES string of the molecule is CCN(CC)C(=O)CN(C)C(=O)C1CCCN1C(=O)Cc1cccs1. The van der Waals surface area contributed by atoms with E-state index in [1.54, 1.807) is 28.2 Å². The topological polar surface area (TPSA) is 60.9 Å². The Kier molecular flexibility index (Phi) is 6.99. The van der Waals surface area contributed by atoms with Crippen LogP contribution in [0.25, 0.3) is 0 Å². The molecule has 1 saturated heterocycles. The summed E-state index contributed by atoms with van der Waals surface area (Å²) in [6.07, 6.45) is 1.83. The molecule has 2 heterocycles. The molecule has 0 N–H and O–H groups in total. The molecule has 7 heteroatoms. The summed E-state index contributed by atoms with van der Waals surface area (Å²) in [5, 5.41) is 1.95. The minimum Gasteiger partial charge on any atom is -0.342 e. The van der Waals surface area contributed by atoms with Crippen molar-refractivity contribution in [2.75, 3.05) is 33.2 Å². The van der Waals surface area contributed by atoms with Crippen molar-refractivity contribution in [2.45, 2.75) is 39.2 Å². The first-order valence-electron chi connectivity index (χ1n) is 8.82. The van der Waals surface area contributed by atoms with Gasteiger partial charge in [0.15, 0.2) is 0 Å². The van der Waals surface area contributed by atoms with Gasteiger partial charge in [0.2, 0.25) is 17.7 Å². The summed E-state index contributed by atoms with van der Waals surface area (Å²) in [6.45, 7) is 5.77. The van der Waals surface area contributed by atoms with Gasteiger partial charge in [-0.15, -0.1) is 11.3 Å². The number of amides is 3. The van der Waals surface area contributed by atoms with Gasteiger partial charge in [-0.05, 0) is 38.1 Å². The van der Waals surface area contributed by atoms with Crippen molar-refractivity contribution in [3.63, 3.8) is 0 Å². The summed E-state index contributed by atoms with van der Waals surface area (Å²) < 4.78 is 0. The van der Waals surface area contributed by atoms with E-state index in [-0.39, 0.29) is 24.3 Å².